The predicted molar refractivity (Wildman–Crippen MR) is 16.8 cm³/mol. The first-order valence-electron chi connectivity index (χ1n) is 0.752. The molecule has 6 heavy (non-hydrogen) atoms. The van der Waals surface area contributed by atoms with Crippen molar-refractivity contribution in [2.24, 2.45) is 0 Å². The summed E-state index contributed by atoms with van der Waals surface area (Å²) in [5.41, 5.74) is 0. The van der Waals surface area contributed by atoms with Crippen LogP contribution in [0, 0.1) is 0 Å². The minimum Gasteiger partial charge on any atom is -0.412 e. The van der Waals surface area contributed by atoms with Crippen molar-refractivity contribution in [3.8, 4) is 0 Å². The zero-order valence-electron chi connectivity index (χ0n) is 2.63. The third kappa shape index (κ3) is 23300. The monoisotopic (exact) mass is 118 g/mol. The summed E-state index contributed by atoms with van der Waals surface area (Å²) in [6, 6.07) is 0. The van der Waals surface area contributed by atoms with Gasteiger partial charge in [-0.3, -0.25) is 9.79 Å². The average molecular weight is 118 g/mol. The molecule has 4 nitrogen and oxygen atoms in total. The Balaban J connectivity index is 0. The molecule has 0 atom stereocenters. The molecule has 0 amide bonds. The van der Waals surface area contributed by atoms with Crippen molar-refractivity contribution >= 4 is 7.91 Å². The van der Waals surface area contributed by atoms with E-state index in [1.807, 2.05) is 0 Å². The Morgan fingerprint density at radius 3 is 1.50 bits per heavy atom. The first-order chi connectivity index (χ1) is 2.00. The average Bonchev–Trinajstić information content (AvgIpc) is 0.722. The molecule has 0 fully saturated rings. The van der Waals surface area contributed by atoms with Crippen LogP contribution in [0.2, 0.25) is 0 Å². The van der Waals surface area contributed by atoms with Gasteiger partial charge in [-0.15, -0.1) is 4.20 Å². The Morgan fingerprint density at radius 2 is 1.50 bits per heavy atom. The number of rotatable bonds is 0. The number of hydrogen-bond acceptors (Lipinski definition) is 1. The van der Waals surface area contributed by atoms with Crippen molar-refractivity contribution in [2.45, 2.75) is 0 Å². The van der Waals surface area contributed by atoms with Crippen LogP contribution in [0.25, 0.3) is 0 Å². The van der Waals surface area contributed by atoms with Gasteiger partial charge in [0.25, 0.3) is 0 Å². The highest BCUT2D eigenvalue weighted by Crippen LogP contribution is 2.34. The van der Waals surface area contributed by atoms with Crippen LogP contribution in [0.3, 0.4) is 0 Å². The fourth-order valence-electron chi connectivity index (χ4n) is 0. The van der Waals surface area contributed by atoms with Gasteiger partial charge in [-0.05, 0) is 0 Å². The lowest BCUT2D eigenvalue weighted by Crippen LogP contribution is -1.56. The summed E-state index contributed by atoms with van der Waals surface area (Å²) < 4.78 is 19.0. The predicted octanol–water partition coefficient (Wildman–Crippen LogP) is -0.776. The van der Waals surface area contributed by atoms with E-state index in [4.69, 9.17) is 14.4 Å². The van der Waals surface area contributed by atoms with E-state index in [1.54, 1.807) is 0 Å². The van der Waals surface area contributed by atoms with Crippen LogP contribution in [0.15, 0.2) is 0 Å². The van der Waals surface area contributed by atoms with Gasteiger partial charge < -0.3 is 5.48 Å². The highest BCUT2D eigenvalue weighted by atomic mass is 31.2. The van der Waals surface area contributed by atoms with Crippen molar-refractivity contribution in [1.29, 1.82) is 0 Å². The molecular weight excluding hydrogens is 114 g/mol. The molecule has 0 saturated carbocycles. The molecule has 0 unspecified atom stereocenters. The molecule has 0 saturated heterocycles. The van der Waals surface area contributed by atoms with Gasteiger partial charge in [0.05, 0.1) is 0 Å². The van der Waals surface area contributed by atoms with E-state index in [1.165, 1.54) is 0 Å². The molecule has 0 radical (unpaired) electrons. The fourth-order valence-corrected chi connectivity index (χ4v) is 0. The van der Waals surface area contributed by atoms with Gasteiger partial charge in [0.2, 0.25) is 0 Å². The van der Waals surface area contributed by atoms with Gasteiger partial charge in [0, 0.05) is 0 Å². The van der Waals surface area contributed by atoms with Crippen LogP contribution in [0.1, 0.15) is 0 Å². The van der Waals surface area contributed by atoms with Crippen LogP contribution in [-0.2, 0) is 4.57 Å². The summed E-state index contributed by atoms with van der Waals surface area (Å²) in [4.78, 5) is 13.9. The molecule has 4 N–H and O–H groups in total. The SMILES string of the molecule is O.O=P(O)(O)F. The topological polar surface area (TPSA) is 89.0 Å². The van der Waals surface area contributed by atoms with Gasteiger partial charge >= 0.3 is 7.91 Å². The van der Waals surface area contributed by atoms with Gasteiger partial charge in [0.1, 0.15) is 0 Å². The Labute approximate surface area is 33.2 Å². The summed E-state index contributed by atoms with van der Waals surface area (Å²) in [6.07, 6.45) is 0. The van der Waals surface area contributed by atoms with Crippen LogP contribution in [0.4, 0.5) is 4.20 Å². The molecule has 0 aromatic rings. The van der Waals surface area contributed by atoms with Gasteiger partial charge in [0.15, 0.2) is 0 Å². The molecule has 0 aliphatic carbocycles. The Kier molecular flexibility index (Phi) is 3.53. The first-order valence-corrected chi connectivity index (χ1v) is 2.25. The normalized spacial score (nSPS) is 9.83. The smallest absolute Gasteiger partial charge is 0.412 e. The molecule has 0 heterocycles. The summed E-state index contributed by atoms with van der Waals surface area (Å²) in [7, 11) is -5.14. The maximum atomic E-state index is 10.4. The second-order valence-electron chi connectivity index (χ2n) is 0.473. The third-order valence-electron chi connectivity index (χ3n) is 0. The maximum absolute atomic E-state index is 10.4. The molecule has 0 bridgehead atoms. The second-order valence-corrected chi connectivity index (χ2v) is 1.42. The molecule has 0 rings (SSSR count). The minimum atomic E-state index is -5.14. The third-order valence-corrected chi connectivity index (χ3v) is 0. The van der Waals surface area contributed by atoms with Crippen LogP contribution in [0.5, 0.6) is 0 Å². The first kappa shape index (κ1) is 9.40. The molecule has 0 aromatic heterocycles. The van der Waals surface area contributed by atoms with Crippen LogP contribution < -0.4 is 0 Å². The van der Waals surface area contributed by atoms with Crippen LogP contribution >= 0.6 is 7.91 Å². The lowest BCUT2D eigenvalue weighted by atomic mass is 15.8. The Hall–Kier alpha value is 0.0400. The van der Waals surface area contributed by atoms with Crippen molar-refractivity contribution in [1.82, 2.24) is 0 Å². The Morgan fingerprint density at radius 1 is 1.50 bits per heavy atom. The Bertz CT molecular complexity index is 53.7. The number of halogens is 1. The lowest BCUT2D eigenvalue weighted by Gasteiger charge is -1.77. The zero-order chi connectivity index (χ0) is 4.50. The molecule has 0 aliphatic rings. The van der Waals surface area contributed by atoms with E-state index < -0.39 is 7.91 Å². The molecule has 0 spiro atoms. The minimum absolute atomic E-state index is 0. The summed E-state index contributed by atoms with van der Waals surface area (Å²) in [6.45, 7) is 0. The standard InChI is InChI=1S/FH2O3P.H2O/c1-5(2,3)4;/h(H2,2,3,4);1H2. The second kappa shape index (κ2) is 2.25. The van der Waals surface area contributed by atoms with Gasteiger partial charge in [-0.25, -0.2) is 4.57 Å². The lowest BCUT2D eigenvalue weighted by molar-refractivity contribution is 0.322. The van der Waals surface area contributed by atoms with E-state index in [0.29, 0.717) is 0 Å². The highest BCUT2D eigenvalue weighted by molar-refractivity contribution is 7.45. The highest BCUT2D eigenvalue weighted by Gasteiger charge is 2.04. The van der Waals surface area contributed by atoms with Gasteiger partial charge in [-0.1, -0.05) is 0 Å². The molecule has 0 aliphatic heterocycles. The van der Waals surface area contributed by atoms with E-state index in [9.17, 15) is 4.20 Å². The van der Waals surface area contributed by atoms with E-state index in [2.05, 4.69) is 0 Å². The van der Waals surface area contributed by atoms with Crippen molar-refractivity contribution in [3.05, 3.63) is 0 Å². The van der Waals surface area contributed by atoms with Crippen molar-refractivity contribution < 1.29 is 24.0 Å². The summed E-state index contributed by atoms with van der Waals surface area (Å²) >= 11 is 0. The van der Waals surface area contributed by atoms with E-state index in [-0.39, 0.29) is 5.48 Å². The quantitative estimate of drug-likeness (QED) is 0.409. The van der Waals surface area contributed by atoms with E-state index in [0.717, 1.165) is 0 Å². The fraction of sp³-hybridized carbons (Fsp3) is 0. The zero-order valence-corrected chi connectivity index (χ0v) is 3.52. The summed E-state index contributed by atoms with van der Waals surface area (Å²) in [5.74, 6) is 0. The van der Waals surface area contributed by atoms with Crippen LogP contribution in [-0.4, -0.2) is 15.3 Å². The van der Waals surface area contributed by atoms with Gasteiger partial charge in [-0.2, -0.15) is 0 Å². The molecule has 6 heteroatoms. The van der Waals surface area contributed by atoms with E-state index >= 15 is 0 Å². The summed E-state index contributed by atoms with van der Waals surface area (Å²) in [5, 5.41) is 0. The number of hydrogen-bond donors (Lipinski definition) is 2. The molecular formula is H4FO4P. The van der Waals surface area contributed by atoms with Crippen molar-refractivity contribution in [3.63, 3.8) is 0 Å². The maximum Gasteiger partial charge on any atom is 0.507 e. The molecule has 0 aromatic carbocycles. The largest absolute Gasteiger partial charge is 0.507 e. The molecule has 40 valence electrons. The van der Waals surface area contributed by atoms with Crippen molar-refractivity contribution in [2.75, 3.05) is 0 Å².